The van der Waals surface area contributed by atoms with Crippen LogP contribution in [0.5, 0.6) is 0 Å². The quantitative estimate of drug-likeness (QED) is 0.0311. The van der Waals surface area contributed by atoms with Gasteiger partial charge in [-0.1, -0.05) is 7.43 Å². The Morgan fingerprint density at radius 3 is 0.314 bits per heavy atom. The molecule has 8 saturated heterocycles. The third kappa shape index (κ3) is 55.5. The maximum atomic E-state index is 11.3. The highest BCUT2D eigenvalue weighted by molar-refractivity contribution is 5.85. The largest absolute Gasteiger partial charge is 0.313 e. The molecule has 32 heteroatoms. The molecule has 0 unspecified atom stereocenters. The first-order valence-corrected chi connectivity index (χ1v) is 38.3. The van der Waals surface area contributed by atoms with Gasteiger partial charge in [0.15, 0.2) is 46.3 Å². The number of hydrogen-bond donors (Lipinski definition) is 8. The van der Waals surface area contributed by atoms with Gasteiger partial charge < -0.3 is 81.7 Å². The van der Waals surface area contributed by atoms with Crippen molar-refractivity contribution in [2.75, 3.05) is 427 Å². The third-order valence-electron chi connectivity index (χ3n) is 19.0. The molecule has 8 aliphatic heterocycles. The lowest BCUT2D eigenvalue weighted by atomic mass is 10.3. The Balaban J connectivity index is 0.00000118. The van der Waals surface area contributed by atoms with Gasteiger partial charge in [-0.05, 0) is 113 Å². The molecule has 0 saturated carbocycles. The minimum absolute atomic E-state index is 0. The van der Waals surface area contributed by atoms with Crippen LogP contribution in [0.15, 0.2) is 0 Å². The van der Waals surface area contributed by atoms with Crippen molar-refractivity contribution in [2.45, 2.75) is 7.43 Å². The zero-order valence-electron chi connectivity index (χ0n) is 68.4. The topological polar surface area (TPSA) is 285 Å². The highest BCUT2D eigenvalue weighted by Gasteiger charge is 2.23. The van der Waals surface area contributed by atoms with E-state index in [-0.39, 0.29) is 53.7 Å². The van der Waals surface area contributed by atoms with Gasteiger partial charge in [-0.25, -0.2) is 0 Å². The number of nitrogens with one attached hydrogen (secondary N) is 8. The van der Waals surface area contributed by atoms with Crippen LogP contribution < -0.4 is 42.5 Å². The van der Waals surface area contributed by atoms with E-state index in [1.165, 1.54) is 0 Å². The van der Waals surface area contributed by atoms with Gasteiger partial charge >= 0.3 is 0 Å². The highest BCUT2D eigenvalue weighted by atomic mass is 16.2. The summed E-state index contributed by atoms with van der Waals surface area (Å²) in [6.45, 7) is 42.3. The first kappa shape index (κ1) is 101. The molecule has 0 bridgehead atoms. The summed E-state index contributed by atoms with van der Waals surface area (Å²) in [6, 6.07) is 0. The van der Waals surface area contributed by atoms with E-state index in [1.807, 2.05) is 56.4 Å². The Hall–Kier alpha value is -3.60. The van der Waals surface area contributed by atoms with Crippen LogP contribution in [-0.4, -0.2) is 552 Å². The molecule has 0 aromatic carbocycles. The molecule has 0 radical (unpaired) electrons. The van der Waals surface area contributed by atoms with E-state index < -0.39 is 0 Å². The molecular weight excluding hydrogens is 1340 g/mol. The SMILES string of the molecule is C.CNCC(=O)CN1CCN(C)CC1.CNCC(=O)CN1CCN(C)CC1.CNCC(=O)CN1CCN(C)CC1.CNCC(=O)CN1CCN(C)CC1.CNCC(=O)CN1CCN(C)CC1.CNCC(=O)CN1CCN(C)CC1.CNCC(=O)CN1CCN(C)CC1.CNCC(=O)CN1CCN(C)CC1. The average molecular weight is 1500 g/mol. The monoisotopic (exact) mass is 1500 g/mol. The number of carbonyl (C=O) groups excluding carboxylic acids is 8. The van der Waals surface area contributed by atoms with Crippen molar-refractivity contribution in [2.24, 2.45) is 0 Å². The summed E-state index contributed by atoms with van der Waals surface area (Å²) >= 11 is 0. The third-order valence-corrected chi connectivity index (χ3v) is 19.0. The summed E-state index contributed by atoms with van der Waals surface area (Å²) < 4.78 is 0. The number of likely N-dealkylation sites (N-methyl/N-ethyl adjacent to an activating group) is 16. The fourth-order valence-electron chi connectivity index (χ4n) is 12.1. The van der Waals surface area contributed by atoms with Crippen molar-refractivity contribution >= 4 is 46.3 Å². The van der Waals surface area contributed by atoms with Crippen molar-refractivity contribution in [3.63, 3.8) is 0 Å². The van der Waals surface area contributed by atoms with E-state index in [2.05, 4.69) is 177 Å². The average Bonchev–Trinajstić information content (AvgIpc) is 1.01. The number of nitrogens with zero attached hydrogens (tertiary/aromatic N) is 16. The van der Waals surface area contributed by atoms with Crippen molar-refractivity contribution < 1.29 is 38.4 Å². The number of Topliss-reactive ketones (excluding diaryl/α,β-unsaturated/α-hetero) is 8. The lowest BCUT2D eigenvalue weighted by Gasteiger charge is -2.31. The van der Waals surface area contributed by atoms with E-state index in [4.69, 9.17) is 0 Å². The van der Waals surface area contributed by atoms with Crippen LogP contribution in [0.3, 0.4) is 0 Å². The summed E-state index contributed by atoms with van der Waals surface area (Å²) in [6.07, 6.45) is 0. The van der Waals surface area contributed by atoms with Crippen molar-refractivity contribution in [3.8, 4) is 0 Å². The maximum Gasteiger partial charge on any atom is 0.160 e. The molecule has 105 heavy (non-hydrogen) atoms. The van der Waals surface area contributed by atoms with E-state index in [0.717, 1.165) is 209 Å². The zero-order chi connectivity index (χ0) is 77.5. The number of hydrogen-bond acceptors (Lipinski definition) is 32. The summed E-state index contributed by atoms with van der Waals surface area (Å²) in [4.78, 5) is 126. The van der Waals surface area contributed by atoms with Gasteiger partial charge in [0.25, 0.3) is 0 Å². The first-order valence-electron chi connectivity index (χ1n) is 38.3. The van der Waals surface area contributed by atoms with Crippen LogP contribution in [0.25, 0.3) is 0 Å². The molecule has 32 nitrogen and oxygen atoms in total. The lowest BCUT2D eigenvalue weighted by Crippen LogP contribution is -2.47. The molecule has 8 rings (SSSR count). The Labute approximate surface area is 637 Å². The summed E-state index contributed by atoms with van der Waals surface area (Å²) in [5.74, 6) is 2.27. The van der Waals surface area contributed by atoms with Crippen LogP contribution in [0.1, 0.15) is 7.43 Å². The van der Waals surface area contributed by atoms with Gasteiger partial charge in [-0.2, -0.15) is 0 Å². The Morgan fingerprint density at radius 2 is 0.248 bits per heavy atom. The van der Waals surface area contributed by atoms with Gasteiger partial charge in [0, 0.05) is 209 Å². The van der Waals surface area contributed by atoms with Gasteiger partial charge in [-0.3, -0.25) is 77.6 Å². The molecule has 0 aromatic heterocycles. The molecular formula is C73H156N24O8. The molecule has 8 heterocycles. The second-order valence-electron chi connectivity index (χ2n) is 29.2. The molecule has 8 N–H and O–H groups in total. The molecule has 0 atom stereocenters. The summed E-state index contributed by atoms with van der Waals surface area (Å²) in [5, 5.41) is 23.0. The second-order valence-corrected chi connectivity index (χ2v) is 29.2. The van der Waals surface area contributed by atoms with Crippen LogP contribution in [0.2, 0.25) is 0 Å². The molecule has 0 spiro atoms. The predicted octanol–water partition coefficient (Wildman–Crippen LogP) is -7.19. The standard InChI is InChI=1S/8C9H19N3O.CH4/c8*1-10-7-9(13)8-12-5-3-11(2)4-6-12;/h8*10H,3-8H2,1-2H3;1H4. The van der Waals surface area contributed by atoms with Crippen LogP contribution >= 0.6 is 0 Å². The fourth-order valence-corrected chi connectivity index (χ4v) is 12.1. The number of piperazine rings is 8. The van der Waals surface area contributed by atoms with Crippen molar-refractivity contribution in [1.82, 2.24) is 121 Å². The molecule has 8 fully saturated rings. The number of carbonyl (C=O) groups is 8. The molecule has 616 valence electrons. The zero-order valence-corrected chi connectivity index (χ0v) is 68.4. The van der Waals surface area contributed by atoms with E-state index >= 15 is 0 Å². The Kier molecular flexibility index (Phi) is 61.9. The molecule has 8 aliphatic rings. The van der Waals surface area contributed by atoms with Crippen molar-refractivity contribution in [3.05, 3.63) is 0 Å². The van der Waals surface area contributed by atoms with Gasteiger partial charge in [0.2, 0.25) is 0 Å². The Bertz CT molecular complexity index is 1770. The van der Waals surface area contributed by atoms with E-state index in [9.17, 15) is 38.4 Å². The lowest BCUT2D eigenvalue weighted by molar-refractivity contribution is -0.120. The van der Waals surface area contributed by atoms with Gasteiger partial charge in [0.05, 0.1) is 105 Å². The fraction of sp³-hybridized carbons (Fsp3) is 0.890. The van der Waals surface area contributed by atoms with Crippen LogP contribution in [-0.2, 0) is 38.4 Å². The summed E-state index contributed by atoms with van der Waals surface area (Å²) in [7, 11) is 31.4. The van der Waals surface area contributed by atoms with Gasteiger partial charge in [0.1, 0.15) is 0 Å². The minimum Gasteiger partial charge on any atom is -0.313 e. The number of rotatable bonds is 32. The summed E-state index contributed by atoms with van der Waals surface area (Å²) in [5.41, 5.74) is 0. The van der Waals surface area contributed by atoms with Crippen LogP contribution in [0.4, 0.5) is 0 Å². The smallest absolute Gasteiger partial charge is 0.160 e. The van der Waals surface area contributed by atoms with Crippen LogP contribution in [0, 0.1) is 0 Å². The van der Waals surface area contributed by atoms with Gasteiger partial charge in [-0.15, -0.1) is 0 Å². The molecule has 0 amide bonds. The minimum atomic E-state index is 0. The second kappa shape index (κ2) is 64.1. The molecule has 0 aromatic rings. The highest BCUT2D eigenvalue weighted by Crippen LogP contribution is 2.05. The maximum absolute atomic E-state index is 11.3. The first-order chi connectivity index (χ1) is 49.8. The number of ketones is 8. The van der Waals surface area contributed by atoms with Crippen molar-refractivity contribution in [1.29, 1.82) is 0 Å². The molecule has 0 aliphatic carbocycles. The predicted molar refractivity (Wildman–Crippen MR) is 430 cm³/mol. The Morgan fingerprint density at radius 1 is 0.171 bits per heavy atom. The normalized spacial score (nSPS) is 20.3. The van der Waals surface area contributed by atoms with E-state index in [0.29, 0.717) is 105 Å². The van der Waals surface area contributed by atoms with E-state index in [1.54, 1.807) is 0 Å².